The number of aromatic nitrogens is 4. The van der Waals surface area contributed by atoms with Crippen molar-refractivity contribution >= 4 is 11.8 Å². The zero-order valence-electron chi connectivity index (χ0n) is 13.9. The number of hydrogen-bond acceptors (Lipinski definition) is 7. The second-order valence-corrected chi connectivity index (χ2v) is 6.32. The average Bonchev–Trinajstić information content (AvgIpc) is 2.93. The van der Waals surface area contributed by atoms with Gasteiger partial charge in [-0.05, 0) is 42.0 Å². The highest BCUT2D eigenvalue weighted by atomic mass is 32.2. The SMILES string of the molecule is COc1cc(CNCCSc2nnnn2C)ccc1OC(C)C. The molecule has 1 aromatic carbocycles. The number of ether oxygens (including phenoxy) is 2. The largest absolute Gasteiger partial charge is 0.493 e. The molecule has 0 unspecified atom stereocenters. The van der Waals surface area contributed by atoms with Crippen molar-refractivity contribution in [2.45, 2.75) is 31.7 Å². The van der Waals surface area contributed by atoms with Crippen LogP contribution in [0.3, 0.4) is 0 Å². The second-order valence-electron chi connectivity index (χ2n) is 5.26. The Balaban J connectivity index is 1.78. The van der Waals surface area contributed by atoms with Crippen molar-refractivity contribution in [1.82, 2.24) is 25.5 Å². The van der Waals surface area contributed by atoms with Crippen LogP contribution in [0.5, 0.6) is 11.5 Å². The number of nitrogens with one attached hydrogen (secondary N) is 1. The number of thioether (sulfide) groups is 1. The van der Waals surface area contributed by atoms with Crippen LogP contribution in [-0.2, 0) is 13.6 Å². The Morgan fingerprint density at radius 2 is 2.13 bits per heavy atom. The Labute approximate surface area is 140 Å². The van der Waals surface area contributed by atoms with Gasteiger partial charge in [-0.3, -0.25) is 0 Å². The number of aryl methyl sites for hydroxylation is 1. The first kappa shape index (κ1) is 17.6. The molecule has 8 heteroatoms. The first-order chi connectivity index (χ1) is 11.1. The summed E-state index contributed by atoms with van der Waals surface area (Å²) in [5.74, 6) is 2.44. The molecular formula is C15H23N5O2S. The van der Waals surface area contributed by atoms with Crippen LogP contribution in [0.4, 0.5) is 0 Å². The van der Waals surface area contributed by atoms with Gasteiger partial charge < -0.3 is 14.8 Å². The summed E-state index contributed by atoms with van der Waals surface area (Å²) in [6.45, 7) is 5.64. The predicted molar refractivity (Wildman–Crippen MR) is 90.0 cm³/mol. The molecule has 2 rings (SSSR count). The molecule has 0 aliphatic carbocycles. The van der Waals surface area contributed by atoms with E-state index in [0.29, 0.717) is 0 Å². The van der Waals surface area contributed by atoms with E-state index in [1.54, 1.807) is 23.6 Å². The van der Waals surface area contributed by atoms with Crippen LogP contribution in [-0.4, -0.2) is 45.7 Å². The third kappa shape index (κ3) is 5.40. The van der Waals surface area contributed by atoms with E-state index in [9.17, 15) is 0 Å². The third-order valence-electron chi connectivity index (χ3n) is 3.01. The van der Waals surface area contributed by atoms with Crippen molar-refractivity contribution in [3.63, 3.8) is 0 Å². The summed E-state index contributed by atoms with van der Waals surface area (Å²) in [4.78, 5) is 0. The smallest absolute Gasteiger partial charge is 0.209 e. The van der Waals surface area contributed by atoms with E-state index in [0.717, 1.165) is 41.1 Å². The first-order valence-corrected chi connectivity index (χ1v) is 8.48. The monoisotopic (exact) mass is 337 g/mol. The normalized spacial score (nSPS) is 11.0. The molecule has 0 fully saturated rings. The maximum atomic E-state index is 5.72. The average molecular weight is 337 g/mol. The van der Waals surface area contributed by atoms with E-state index in [2.05, 4.69) is 20.8 Å². The lowest BCUT2D eigenvalue weighted by Crippen LogP contribution is -2.17. The van der Waals surface area contributed by atoms with Crippen molar-refractivity contribution in [2.75, 3.05) is 19.4 Å². The van der Waals surface area contributed by atoms with E-state index in [4.69, 9.17) is 9.47 Å². The molecule has 0 saturated carbocycles. The number of hydrogen-bond donors (Lipinski definition) is 1. The Kier molecular flexibility index (Phi) is 6.66. The zero-order chi connectivity index (χ0) is 16.7. The molecule has 0 aliphatic rings. The topological polar surface area (TPSA) is 74.1 Å². The highest BCUT2D eigenvalue weighted by Gasteiger charge is 2.07. The highest BCUT2D eigenvalue weighted by Crippen LogP contribution is 2.28. The highest BCUT2D eigenvalue weighted by molar-refractivity contribution is 7.99. The van der Waals surface area contributed by atoms with Gasteiger partial charge in [-0.1, -0.05) is 17.8 Å². The van der Waals surface area contributed by atoms with Gasteiger partial charge in [0.25, 0.3) is 0 Å². The molecule has 0 bridgehead atoms. The van der Waals surface area contributed by atoms with Crippen LogP contribution in [0.25, 0.3) is 0 Å². The predicted octanol–water partition coefficient (Wildman–Crippen LogP) is 1.89. The molecule has 0 amide bonds. The van der Waals surface area contributed by atoms with E-state index in [1.807, 2.05) is 39.1 Å². The fourth-order valence-electron chi connectivity index (χ4n) is 1.96. The summed E-state index contributed by atoms with van der Waals surface area (Å²) in [7, 11) is 3.49. The standard InChI is InChI=1S/C15H23N5O2S/c1-11(2)22-13-6-5-12(9-14(13)21-4)10-16-7-8-23-15-17-18-19-20(15)3/h5-6,9,11,16H,7-8,10H2,1-4H3. The molecule has 23 heavy (non-hydrogen) atoms. The van der Waals surface area contributed by atoms with Crippen molar-refractivity contribution in [3.05, 3.63) is 23.8 Å². The molecule has 0 saturated heterocycles. The summed E-state index contributed by atoms with van der Waals surface area (Å²) in [5.41, 5.74) is 1.16. The molecular weight excluding hydrogens is 314 g/mol. The fourth-order valence-corrected chi connectivity index (χ4v) is 2.71. The van der Waals surface area contributed by atoms with Crippen LogP contribution in [0.15, 0.2) is 23.4 Å². The molecule has 0 radical (unpaired) electrons. The van der Waals surface area contributed by atoms with Crippen LogP contribution in [0.2, 0.25) is 0 Å². The first-order valence-electron chi connectivity index (χ1n) is 7.49. The van der Waals surface area contributed by atoms with Crippen molar-refractivity contribution < 1.29 is 9.47 Å². The van der Waals surface area contributed by atoms with Gasteiger partial charge in [0, 0.05) is 25.9 Å². The summed E-state index contributed by atoms with van der Waals surface area (Å²) < 4.78 is 12.8. The van der Waals surface area contributed by atoms with Crippen LogP contribution >= 0.6 is 11.8 Å². The van der Waals surface area contributed by atoms with Crippen LogP contribution < -0.4 is 14.8 Å². The molecule has 1 N–H and O–H groups in total. The van der Waals surface area contributed by atoms with Crippen molar-refractivity contribution in [2.24, 2.45) is 7.05 Å². The Morgan fingerprint density at radius 3 is 2.78 bits per heavy atom. The minimum absolute atomic E-state index is 0.125. The lowest BCUT2D eigenvalue weighted by molar-refractivity contribution is 0.230. The Morgan fingerprint density at radius 1 is 1.30 bits per heavy atom. The quantitative estimate of drug-likeness (QED) is 0.553. The van der Waals surface area contributed by atoms with E-state index >= 15 is 0 Å². The number of tetrazole rings is 1. The molecule has 0 aliphatic heterocycles. The van der Waals surface area contributed by atoms with Gasteiger partial charge in [0.1, 0.15) is 0 Å². The number of nitrogens with zero attached hydrogens (tertiary/aromatic N) is 4. The summed E-state index contributed by atoms with van der Waals surface area (Å²) >= 11 is 1.63. The maximum Gasteiger partial charge on any atom is 0.209 e. The van der Waals surface area contributed by atoms with E-state index < -0.39 is 0 Å². The molecule has 2 aromatic rings. The second kappa shape index (κ2) is 8.73. The van der Waals surface area contributed by atoms with Gasteiger partial charge in [0.05, 0.1) is 13.2 Å². The van der Waals surface area contributed by atoms with Gasteiger partial charge in [-0.2, -0.15) is 0 Å². The lowest BCUT2D eigenvalue weighted by Gasteiger charge is -2.14. The number of rotatable bonds is 9. The minimum Gasteiger partial charge on any atom is -0.493 e. The molecule has 1 heterocycles. The zero-order valence-corrected chi connectivity index (χ0v) is 14.8. The van der Waals surface area contributed by atoms with E-state index in [-0.39, 0.29) is 6.10 Å². The van der Waals surface area contributed by atoms with Crippen LogP contribution in [0, 0.1) is 0 Å². The van der Waals surface area contributed by atoms with Gasteiger partial charge in [-0.25, -0.2) is 4.68 Å². The van der Waals surface area contributed by atoms with Crippen molar-refractivity contribution in [3.8, 4) is 11.5 Å². The third-order valence-corrected chi connectivity index (χ3v) is 4.02. The Hall–Kier alpha value is -1.80. The lowest BCUT2D eigenvalue weighted by atomic mass is 10.2. The van der Waals surface area contributed by atoms with Gasteiger partial charge >= 0.3 is 0 Å². The minimum atomic E-state index is 0.125. The van der Waals surface area contributed by atoms with Gasteiger partial charge in [-0.15, -0.1) is 5.10 Å². The van der Waals surface area contributed by atoms with E-state index in [1.165, 1.54) is 0 Å². The van der Waals surface area contributed by atoms with Gasteiger partial charge in [0.15, 0.2) is 11.5 Å². The molecule has 0 spiro atoms. The summed E-state index contributed by atoms with van der Waals surface area (Å²) in [5, 5.41) is 15.6. The molecule has 1 aromatic heterocycles. The number of benzene rings is 1. The van der Waals surface area contributed by atoms with Gasteiger partial charge in [0.2, 0.25) is 5.16 Å². The fraction of sp³-hybridized carbons (Fsp3) is 0.533. The summed E-state index contributed by atoms with van der Waals surface area (Å²) in [6.07, 6.45) is 0.125. The van der Waals surface area contributed by atoms with Crippen molar-refractivity contribution in [1.29, 1.82) is 0 Å². The summed E-state index contributed by atoms with van der Waals surface area (Å²) in [6, 6.07) is 6.01. The molecule has 126 valence electrons. The van der Waals surface area contributed by atoms with Crippen LogP contribution in [0.1, 0.15) is 19.4 Å². The Bertz CT molecular complexity index is 618. The molecule has 7 nitrogen and oxygen atoms in total. The number of methoxy groups -OCH3 is 1. The molecule has 0 atom stereocenters. The maximum absolute atomic E-state index is 5.72.